The second-order valence-electron chi connectivity index (χ2n) is 5.26. The summed E-state index contributed by atoms with van der Waals surface area (Å²) in [5.74, 6) is 0.902. The molecule has 0 saturated carbocycles. The van der Waals surface area contributed by atoms with Crippen molar-refractivity contribution in [1.82, 2.24) is 10.3 Å². The van der Waals surface area contributed by atoms with E-state index in [0.717, 1.165) is 30.2 Å². The summed E-state index contributed by atoms with van der Waals surface area (Å²) in [7, 11) is 2.03. The van der Waals surface area contributed by atoms with E-state index < -0.39 is 0 Å². The quantitative estimate of drug-likeness (QED) is 0.896. The summed E-state index contributed by atoms with van der Waals surface area (Å²) < 4.78 is 0. The molecule has 1 N–H and O–H groups in total. The van der Waals surface area contributed by atoms with Gasteiger partial charge < -0.3 is 10.2 Å². The van der Waals surface area contributed by atoms with Crippen molar-refractivity contribution >= 4 is 23.1 Å². The Morgan fingerprint density at radius 1 is 1.24 bits per heavy atom. The van der Waals surface area contributed by atoms with Crippen LogP contribution in [0, 0.1) is 13.8 Å². The highest BCUT2D eigenvalue weighted by Crippen LogP contribution is 2.28. The summed E-state index contributed by atoms with van der Waals surface area (Å²) in [4.78, 5) is 6.55. The van der Waals surface area contributed by atoms with E-state index in [1.165, 1.54) is 11.1 Å². The third kappa shape index (κ3) is 3.74. The molecular weight excluding hydrogens is 282 g/mol. The first-order chi connectivity index (χ1) is 10.0. The topological polar surface area (TPSA) is 28.2 Å². The molecule has 0 atom stereocenters. The molecule has 0 fully saturated rings. The van der Waals surface area contributed by atoms with Gasteiger partial charge in [-0.05, 0) is 43.7 Å². The van der Waals surface area contributed by atoms with Crippen molar-refractivity contribution in [3.63, 3.8) is 0 Å². The van der Waals surface area contributed by atoms with Crippen LogP contribution in [-0.4, -0.2) is 18.6 Å². The van der Waals surface area contributed by atoms with Crippen molar-refractivity contribution in [2.24, 2.45) is 0 Å². The second-order valence-corrected chi connectivity index (χ2v) is 5.67. The number of hydrogen-bond acceptors (Lipinski definition) is 3. The highest BCUT2D eigenvalue weighted by Gasteiger charge is 2.10. The molecule has 3 nitrogen and oxygen atoms in total. The largest absolute Gasteiger partial charge is 0.329 e. The molecule has 0 unspecified atom stereocenters. The van der Waals surface area contributed by atoms with E-state index in [9.17, 15) is 0 Å². The Hall–Kier alpha value is -1.58. The minimum Gasteiger partial charge on any atom is -0.329 e. The lowest BCUT2D eigenvalue weighted by atomic mass is 10.1. The number of nitrogens with zero attached hydrogens (tertiary/aromatic N) is 2. The summed E-state index contributed by atoms with van der Waals surface area (Å²) >= 11 is 6.21. The van der Waals surface area contributed by atoms with Crippen LogP contribution in [0.3, 0.4) is 0 Å². The van der Waals surface area contributed by atoms with E-state index in [2.05, 4.69) is 54.2 Å². The molecule has 21 heavy (non-hydrogen) atoms. The van der Waals surface area contributed by atoms with Crippen LogP contribution in [0.2, 0.25) is 5.02 Å². The minimum atomic E-state index is 0.703. The third-order valence-electron chi connectivity index (χ3n) is 3.54. The van der Waals surface area contributed by atoms with Gasteiger partial charge in [0, 0.05) is 25.5 Å². The van der Waals surface area contributed by atoms with Crippen molar-refractivity contribution in [2.75, 3.05) is 18.5 Å². The zero-order valence-electron chi connectivity index (χ0n) is 13.1. The van der Waals surface area contributed by atoms with Crippen LogP contribution in [0.4, 0.5) is 11.5 Å². The van der Waals surface area contributed by atoms with Crippen LogP contribution in [0.25, 0.3) is 0 Å². The smallest absolute Gasteiger partial charge is 0.133 e. The standard InChI is InChI=1S/C17H22ClN3/c1-5-19-10-14-9-17(20-11-15(14)18)21(4)16-7-6-12(2)8-13(16)3/h6-9,11,19H,5,10H2,1-4H3. The second kappa shape index (κ2) is 6.92. The first kappa shape index (κ1) is 15.8. The molecule has 0 aliphatic rings. The fourth-order valence-electron chi connectivity index (χ4n) is 2.35. The van der Waals surface area contributed by atoms with Gasteiger partial charge in [-0.25, -0.2) is 4.98 Å². The number of hydrogen-bond donors (Lipinski definition) is 1. The molecule has 2 rings (SSSR count). The first-order valence-electron chi connectivity index (χ1n) is 7.19. The van der Waals surface area contributed by atoms with Crippen molar-refractivity contribution in [1.29, 1.82) is 0 Å². The summed E-state index contributed by atoms with van der Waals surface area (Å²) in [5, 5.41) is 4.00. The molecular formula is C17H22ClN3. The lowest BCUT2D eigenvalue weighted by Crippen LogP contribution is -2.15. The molecule has 0 aliphatic carbocycles. The van der Waals surface area contributed by atoms with Crippen LogP contribution in [0.1, 0.15) is 23.6 Å². The Balaban J connectivity index is 2.32. The summed E-state index contributed by atoms with van der Waals surface area (Å²) in [5.41, 5.74) is 4.73. The maximum atomic E-state index is 6.21. The Morgan fingerprint density at radius 2 is 2.00 bits per heavy atom. The van der Waals surface area contributed by atoms with Crippen LogP contribution in [-0.2, 0) is 6.54 Å². The van der Waals surface area contributed by atoms with Crippen LogP contribution < -0.4 is 10.2 Å². The predicted molar refractivity (Wildman–Crippen MR) is 90.6 cm³/mol. The molecule has 4 heteroatoms. The highest BCUT2D eigenvalue weighted by molar-refractivity contribution is 6.31. The molecule has 2 aromatic rings. The lowest BCUT2D eigenvalue weighted by Gasteiger charge is -2.22. The molecule has 0 bridgehead atoms. The molecule has 1 aromatic heterocycles. The molecule has 1 aromatic carbocycles. The predicted octanol–water partition coefficient (Wildman–Crippen LogP) is 4.23. The van der Waals surface area contributed by atoms with Crippen LogP contribution in [0.5, 0.6) is 0 Å². The van der Waals surface area contributed by atoms with Gasteiger partial charge in [0.1, 0.15) is 5.82 Å². The molecule has 0 spiro atoms. The fourth-order valence-corrected chi connectivity index (χ4v) is 2.52. The average molecular weight is 304 g/mol. The number of nitrogens with one attached hydrogen (secondary N) is 1. The third-order valence-corrected chi connectivity index (χ3v) is 3.88. The average Bonchev–Trinajstić information content (AvgIpc) is 2.46. The number of pyridine rings is 1. The number of rotatable bonds is 5. The van der Waals surface area contributed by atoms with Crippen molar-refractivity contribution < 1.29 is 0 Å². The van der Waals surface area contributed by atoms with Gasteiger partial charge in [-0.2, -0.15) is 0 Å². The van der Waals surface area contributed by atoms with E-state index in [-0.39, 0.29) is 0 Å². The number of anilines is 2. The highest BCUT2D eigenvalue weighted by atomic mass is 35.5. The minimum absolute atomic E-state index is 0.703. The fraction of sp³-hybridized carbons (Fsp3) is 0.353. The van der Waals surface area contributed by atoms with Gasteiger partial charge in [0.2, 0.25) is 0 Å². The zero-order chi connectivity index (χ0) is 15.4. The normalized spacial score (nSPS) is 10.7. The van der Waals surface area contributed by atoms with Crippen molar-refractivity contribution in [3.8, 4) is 0 Å². The Kier molecular flexibility index (Phi) is 5.21. The van der Waals surface area contributed by atoms with Gasteiger partial charge in [-0.3, -0.25) is 0 Å². The number of aromatic nitrogens is 1. The van der Waals surface area contributed by atoms with E-state index >= 15 is 0 Å². The molecule has 0 saturated heterocycles. The van der Waals surface area contributed by atoms with E-state index in [1.807, 2.05) is 13.1 Å². The van der Waals surface area contributed by atoms with Gasteiger partial charge in [0.05, 0.1) is 5.02 Å². The molecule has 112 valence electrons. The van der Waals surface area contributed by atoms with Gasteiger partial charge in [-0.15, -0.1) is 0 Å². The van der Waals surface area contributed by atoms with Gasteiger partial charge in [-0.1, -0.05) is 36.2 Å². The van der Waals surface area contributed by atoms with E-state index in [1.54, 1.807) is 6.20 Å². The number of benzene rings is 1. The Morgan fingerprint density at radius 3 is 2.67 bits per heavy atom. The Bertz CT molecular complexity index is 625. The number of halogens is 1. The molecule has 0 radical (unpaired) electrons. The summed E-state index contributed by atoms with van der Waals surface area (Å²) in [6.45, 7) is 7.98. The van der Waals surface area contributed by atoms with E-state index in [4.69, 9.17) is 11.6 Å². The first-order valence-corrected chi connectivity index (χ1v) is 7.57. The SMILES string of the molecule is CCNCc1cc(N(C)c2ccc(C)cc2C)ncc1Cl. The van der Waals surface area contributed by atoms with Gasteiger partial charge in [0.15, 0.2) is 0 Å². The van der Waals surface area contributed by atoms with Gasteiger partial charge >= 0.3 is 0 Å². The number of aryl methyl sites for hydroxylation is 2. The monoisotopic (exact) mass is 303 g/mol. The van der Waals surface area contributed by atoms with Crippen molar-refractivity contribution in [3.05, 3.63) is 52.2 Å². The summed E-state index contributed by atoms with van der Waals surface area (Å²) in [6, 6.07) is 8.48. The Labute approximate surface area is 132 Å². The maximum absolute atomic E-state index is 6.21. The van der Waals surface area contributed by atoms with Crippen LogP contribution in [0.15, 0.2) is 30.5 Å². The maximum Gasteiger partial charge on any atom is 0.133 e. The van der Waals surface area contributed by atoms with Crippen LogP contribution >= 0.6 is 11.6 Å². The van der Waals surface area contributed by atoms with Gasteiger partial charge in [0.25, 0.3) is 0 Å². The van der Waals surface area contributed by atoms with Crippen molar-refractivity contribution in [2.45, 2.75) is 27.3 Å². The summed E-state index contributed by atoms with van der Waals surface area (Å²) in [6.07, 6.45) is 1.73. The molecule has 0 amide bonds. The lowest BCUT2D eigenvalue weighted by molar-refractivity contribution is 0.726. The zero-order valence-corrected chi connectivity index (χ0v) is 13.8. The van der Waals surface area contributed by atoms with E-state index in [0.29, 0.717) is 5.02 Å². The molecule has 1 heterocycles. The molecule has 0 aliphatic heterocycles.